The van der Waals surface area contributed by atoms with E-state index >= 15 is 0 Å². The molecular formula is C22H24O9. The topological polar surface area (TPSA) is 94.8 Å². The summed E-state index contributed by atoms with van der Waals surface area (Å²) < 4.78 is 44.2. The highest BCUT2D eigenvalue weighted by atomic mass is 16.5. The van der Waals surface area contributed by atoms with Gasteiger partial charge in [-0.15, -0.1) is 0 Å². The summed E-state index contributed by atoms with van der Waals surface area (Å²) in [7, 11) is 10.2. The van der Waals surface area contributed by atoms with E-state index in [4.69, 9.17) is 37.6 Å². The van der Waals surface area contributed by atoms with Crippen LogP contribution in [-0.4, -0.2) is 49.8 Å². The Morgan fingerprint density at radius 3 is 1.52 bits per heavy atom. The van der Waals surface area contributed by atoms with Gasteiger partial charge in [-0.25, -0.2) is 0 Å². The fraction of sp³-hybridized carbons (Fsp3) is 0.318. The molecule has 3 aromatic rings. The summed E-state index contributed by atoms with van der Waals surface area (Å²) >= 11 is 0. The molecule has 0 aliphatic carbocycles. The highest BCUT2D eigenvalue weighted by molar-refractivity contribution is 5.97. The van der Waals surface area contributed by atoms with E-state index in [2.05, 4.69) is 0 Å². The third-order valence-electron chi connectivity index (χ3n) is 4.76. The molecule has 166 valence electrons. The van der Waals surface area contributed by atoms with Crippen LogP contribution in [0.5, 0.6) is 40.2 Å². The fourth-order valence-corrected chi connectivity index (χ4v) is 3.37. The van der Waals surface area contributed by atoms with Crippen LogP contribution in [0.15, 0.2) is 27.4 Å². The van der Waals surface area contributed by atoms with Gasteiger partial charge in [0.15, 0.2) is 17.1 Å². The van der Waals surface area contributed by atoms with Crippen molar-refractivity contribution >= 4 is 11.0 Å². The van der Waals surface area contributed by atoms with Gasteiger partial charge in [0, 0.05) is 11.6 Å². The average Bonchev–Trinajstić information content (AvgIpc) is 2.81. The molecule has 1 heterocycles. The van der Waals surface area contributed by atoms with Crippen LogP contribution in [0.2, 0.25) is 0 Å². The fourth-order valence-electron chi connectivity index (χ4n) is 3.37. The second kappa shape index (κ2) is 8.95. The van der Waals surface area contributed by atoms with Crippen molar-refractivity contribution in [3.8, 4) is 51.6 Å². The van der Waals surface area contributed by atoms with E-state index in [1.165, 1.54) is 49.8 Å². The van der Waals surface area contributed by atoms with Crippen LogP contribution in [-0.2, 0) is 0 Å². The zero-order chi connectivity index (χ0) is 22.7. The van der Waals surface area contributed by atoms with Gasteiger partial charge in [-0.1, -0.05) is 0 Å². The van der Waals surface area contributed by atoms with Gasteiger partial charge in [0.05, 0.1) is 49.8 Å². The van der Waals surface area contributed by atoms with Crippen LogP contribution >= 0.6 is 0 Å². The molecule has 3 rings (SSSR count). The number of methoxy groups -OCH3 is 7. The first-order valence-corrected chi connectivity index (χ1v) is 9.13. The Bertz CT molecular complexity index is 1140. The second-order valence-corrected chi connectivity index (χ2v) is 6.23. The zero-order valence-electron chi connectivity index (χ0n) is 18.4. The van der Waals surface area contributed by atoms with Crippen molar-refractivity contribution in [3.05, 3.63) is 28.4 Å². The summed E-state index contributed by atoms with van der Waals surface area (Å²) in [4.78, 5) is 13.5. The molecule has 1 aromatic heterocycles. The number of hydrogen-bond donors (Lipinski definition) is 0. The maximum Gasteiger partial charge on any atom is 0.239 e. The average molecular weight is 432 g/mol. The summed E-state index contributed by atoms with van der Waals surface area (Å²) in [5, 5.41) is 0.0902. The molecule has 0 unspecified atom stereocenters. The standard InChI is InChI=1S/C22H24O9/c1-24-12-8-11(9-13(10-12)25-2)16-19(27-4)15(23)14-17(26-3)20(28-5)22(30-7)21(29-6)18(14)31-16/h8-10H,1-7H3. The van der Waals surface area contributed by atoms with Crippen LogP contribution in [0.25, 0.3) is 22.3 Å². The monoisotopic (exact) mass is 432 g/mol. The zero-order valence-corrected chi connectivity index (χ0v) is 18.4. The third-order valence-corrected chi connectivity index (χ3v) is 4.76. The van der Waals surface area contributed by atoms with Crippen LogP contribution in [0.4, 0.5) is 0 Å². The van der Waals surface area contributed by atoms with Gasteiger partial charge in [0.25, 0.3) is 0 Å². The van der Waals surface area contributed by atoms with Crippen molar-refractivity contribution in [2.24, 2.45) is 0 Å². The van der Waals surface area contributed by atoms with Crippen LogP contribution < -0.4 is 38.6 Å². The van der Waals surface area contributed by atoms with E-state index in [9.17, 15) is 4.79 Å². The van der Waals surface area contributed by atoms with Crippen molar-refractivity contribution < 1.29 is 37.6 Å². The Morgan fingerprint density at radius 1 is 0.581 bits per heavy atom. The van der Waals surface area contributed by atoms with Crippen LogP contribution in [0.3, 0.4) is 0 Å². The lowest BCUT2D eigenvalue weighted by atomic mass is 10.1. The van der Waals surface area contributed by atoms with Crippen molar-refractivity contribution in [2.75, 3.05) is 49.8 Å². The summed E-state index contributed by atoms with van der Waals surface area (Å²) in [6, 6.07) is 5.09. The Labute approximate surface area is 178 Å². The van der Waals surface area contributed by atoms with Gasteiger partial charge in [-0.2, -0.15) is 0 Å². The number of hydrogen-bond acceptors (Lipinski definition) is 9. The lowest BCUT2D eigenvalue weighted by molar-refractivity contribution is 0.306. The molecule has 0 aliphatic rings. The first-order chi connectivity index (χ1) is 15.0. The van der Waals surface area contributed by atoms with Crippen molar-refractivity contribution in [2.45, 2.75) is 0 Å². The maximum absolute atomic E-state index is 13.5. The van der Waals surface area contributed by atoms with Crippen LogP contribution in [0, 0.1) is 0 Å². The van der Waals surface area contributed by atoms with E-state index in [-0.39, 0.29) is 45.5 Å². The molecule has 9 nitrogen and oxygen atoms in total. The Balaban J connectivity index is 2.53. The molecule has 0 amide bonds. The smallest absolute Gasteiger partial charge is 0.239 e. The molecule has 2 aromatic carbocycles. The number of fused-ring (bicyclic) bond motifs is 1. The molecule has 0 bridgehead atoms. The molecule has 31 heavy (non-hydrogen) atoms. The summed E-state index contributed by atoms with van der Waals surface area (Å²) in [5.41, 5.74) is 0.138. The van der Waals surface area contributed by atoms with Gasteiger partial charge in [0.2, 0.25) is 28.4 Å². The van der Waals surface area contributed by atoms with Gasteiger partial charge in [-0.05, 0) is 12.1 Å². The van der Waals surface area contributed by atoms with Gasteiger partial charge in [0.1, 0.15) is 16.9 Å². The first-order valence-electron chi connectivity index (χ1n) is 9.13. The summed E-state index contributed by atoms with van der Waals surface area (Å²) in [5.74, 6) is 1.87. The highest BCUT2D eigenvalue weighted by Gasteiger charge is 2.30. The second-order valence-electron chi connectivity index (χ2n) is 6.23. The summed E-state index contributed by atoms with van der Waals surface area (Å²) in [6.45, 7) is 0. The lowest BCUT2D eigenvalue weighted by Crippen LogP contribution is -2.11. The molecule has 0 atom stereocenters. The predicted octanol–water partition coefficient (Wildman–Crippen LogP) is 3.52. The predicted molar refractivity (Wildman–Crippen MR) is 114 cm³/mol. The van der Waals surface area contributed by atoms with Crippen molar-refractivity contribution in [1.82, 2.24) is 0 Å². The Hall–Kier alpha value is -3.75. The third kappa shape index (κ3) is 3.52. The molecule has 0 saturated heterocycles. The molecule has 0 radical (unpaired) electrons. The maximum atomic E-state index is 13.5. The molecule has 0 aliphatic heterocycles. The Morgan fingerprint density at radius 2 is 1.06 bits per heavy atom. The largest absolute Gasteiger partial charge is 0.497 e. The molecule has 0 saturated carbocycles. The summed E-state index contributed by atoms with van der Waals surface area (Å²) in [6.07, 6.45) is 0. The van der Waals surface area contributed by atoms with E-state index in [1.54, 1.807) is 18.2 Å². The normalized spacial score (nSPS) is 10.5. The van der Waals surface area contributed by atoms with E-state index in [0.29, 0.717) is 17.1 Å². The minimum atomic E-state index is -0.475. The van der Waals surface area contributed by atoms with Gasteiger partial charge in [-0.3, -0.25) is 4.79 Å². The molecule has 9 heteroatoms. The number of ether oxygens (including phenoxy) is 7. The number of benzene rings is 2. The minimum Gasteiger partial charge on any atom is -0.497 e. The molecular weight excluding hydrogens is 408 g/mol. The first kappa shape index (κ1) is 21.9. The van der Waals surface area contributed by atoms with Crippen molar-refractivity contribution in [3.63, 3.8) is 0 Å². The van der Waals surface area contributed by atoms with Crippen molar-refractivity contribution in [1.29, 1.82) is 0 Å². The SMILES string of the molecule is COc1cc(OC)cc(-c2oc3c(OC)c(OC)c(OC)c(OC)c3c(=O)c2OC)c1. The quantitative estimate of drug-likeness (QED) is 0.530. The Kier molecular flexibility index (Phi) is 6.33. The molecule has 0 N–H and O–H groups in total. The van der Waals surface area contributed by atoms with E-state index < -0.39 is 5.43 Å². The minimum absolute atomic E-state index is 0.0321. The van der Waals surface area contributed by atoms with Gasteiger partial charge >= 0.3 is 0 Å². The van der Waals surface area contributed by atoms with E-state index in [0.717, 1.165) is 0 Å². The van der Waals surface area contributed by atoms with Crippen LogP contribution in [0.1, 0.15) is 0 Å². The number of rotatable bonds is 8. The van der Waals surface area contributed by atoms with E-state index in [1.807, 2.05) is 0 Å². The van der Waals surface area contributed by atoms with Gasteiger partial charge < -0.3 is 37.6 Å². The molecule has 0 fully saturated rings. The molecule has 0 spiro atoms. The lowest BCUT2D eigenvalue weighted by Gasteiger charge is -2.19. The highest BCUT2D eigenvalue weighted by Crippen LogP contribution is 2.51.